The number of nitro benzene ring substituents is 1. The summed E-state index contributed by atoms with van der Waals surface area (Å²) in [7, 11) is 0. The maximum absolute atomic E-state index is 12.9. The molecule has 132 valence electrons. The first kappa shape index (κ1) is 19.0. The van der Waals surface area contributed by atoms with Crippen molar-refractivity contribution in [3.63, 3.8) is 0 Å². The average Bonchev–Trinajstić information content (AvgIpc) is 2.60. The average molecular weight is 358 g/mol. The minimum absolute atomic E-state index is 0.0521. The van der Waals surface area contributed by atoms with Gasteiger partial charge in [-0.1, -0.05) is 30.3 Å². The fourth-order valence-corrected chi connectivity index (χ4v) is 3.37. The molecule has 0 aromatic heterocycles. The molecule has 2 aromatic carbocycles. The number of benzene rings is 2. The molecule has 0 bridgehead atoms. The Morgan fingerprint density at radius 2 is 1.68 bits per heavy atom. The molecule has 1 atom stereocenters. The van der Waals surface area contributed by atoms with Crippen molar-refractivity contribution in [1.82, 2.24) is 4.90 Å². The van der Waals surface area contributed by atoms with Gasteiger partial charge in [-0.25, -0.2) is 0 Å². The van der Waals surface area contributed by atoms with Gasteiger partial charge >= 0.3 is 0 Å². The van der Waals surface area contributed by atoms with Crippen LogP contribution in [0.4, 0.5) is 5.69 Å². The normalized spacial score (nSPS) is 12.0. The molecule has 0 aliphatic carbocycles. The maximum Gasteiger partial charge on any atom is 0.269 e. The molecule has 0 N–H and O–H groups in total. The van der Waals surface area contributed by atoms with Gasteiger partial charge < -0.3 is 4.90 Å². The number of nitro groups is 1. The van der Waals surface area contributed by atoms with Crippen LogP contribution in [0.25, 0.3) is 0 Å². The van der Waals surface area contributed by atoms with Gasteiger partial charge in [-0.2, -0.15) is 0 Å². The molecule has 5 nitrogen and oxygen atoms in total. The molecule has 0 saturated carbocycles. The Hall–Kier alpha value is -2.34. The molecule has 0 spiro atoms. The van der Waals surface area contributed by atoms with Crippen molar-refractivity contribution >= 4 is 23.4 Å². The lowest BCUT2D eigenvalue weighted by atomic mass is 10.2. The standard InChI is InChI=1S/C19H22N2O3S/c1-14(2)20(13-16-7-5-4-6-8-16)19(22)15(3)25-18-11-9-17(10-12-18)21(23)24/h4-12,14-15H,13H2,1-3H3. The van der Waals surface area contributed by atoms with Crippen LogP contribution >= 0.6 is 11.8 Å². The zero-order valence-corrected chi connectivity index (χ0v) is 15.4. The van der Waals surface area contributed by atoms with E-state index in [-0.39, 0.29) is 22.9 Å². The zero-order chi connectivity index (χ0) is 18.4. The van der Waals surface area contributed by atoms with Gasteiger partial charge in [0.05, 0.1) is 10.2 Å². The Bertz CT molecular complexity index is 717. The van der Waals surface area contributed by atoms with E-state index in [0.29, 0.717) is 6.54 Å². The van der Waals surface area contributed by atoms with Crippen LogP contribution in [0.3, 0.4) is 0 Å². The number of nitrogens with zero attached hydrogens (tertiary/aromatic N) is 2. The molecular weight excluding hydrogens is 336 g/mol. The van der Waals surface area contributed by atoms with Gasteiger partial charge in [-0.15, -0.1) is 11.8 Å². The fourth-order valence-electron chi connectivity index (χ4n) is 2.43. The summed E-state index contributed by atoms with van der Waals surface area (Å²) in [6.07, 6.45) is 0. The van der Waals surface area contributed by atoms with E-state index >= 15 is 0 Å². The van der Waals surface area contributed by atoms with E-state index in [1.807, 2.05) is 56.0 Å². The van der Waals surface area contributed by atoms with E-state index in [1.165, 1.54) is 23.9 Å². The molecule has 0 fully saturated rings. The van der Waals surface area contributed by atoms with Gasteiger partial charge in [0, 0.05) is 29.6 Å². The predicted molar refractivity (Wildman–Crippen MR) is 101 cm³/mol. The highest BCUT2D eigenvalue weighted by Gasteiger charge is 2.24. The molecule has 2 aromatic rings. The number of carbonyl (C=O) groups excluding carboxylic acids is 1. The topological polar surface area (TPSA) is 63.5 Å². The van der Waals surface area contributed by atoms with Crippen molar-refractivity contribution in [3.8, 4) is 0 Å². The van der Waals surface area contributed by atoms with Gasteiger partial charge in [-0.05, 0) is 38.5 Å². The number of hydrogen-bond acceptors (Lipinski definition) is 4. The molecule has 25 heavy (non-hydrogen) atoms. The maximum atomic E-state index is 12.9. The molecule has 6 heteroatoms. The molecule has 0 saturated heterocycles. The summed E-state index contributed by atoms with van der Waals surface area (Å²) in [6, 6.07) is 16.3. The van der Waals surface area contributed by atoms with Crippen molar-refractivity contribution in [2.75, 3.05) is 0 Å². The molecule has 0 aliphatic rings. The summed E-state index contributed by atoms with van der Waals surface area (Å²) < 4.78 is 0. The summed E-state index contributed by atoms with van der Waals surface area (Å²) in [4.78, 5) is 25.9. The summed E-state index contributed by atoms with van der Waals surface area (Å²) in [6.45, 7) is 6.45. The lowest BCUT2D eigenvalue weighted by Gasteiger charge is -2.29. The van der Waals surface area contributed by atoms with Crippen molar-refractivity contribution < 1.29 is 9.72 Å². The number of rotatable bonds is 7. The Kier molecular flexibility index (Phi) is 6.58. The second-order valence-corrected chi connectivity index (χ2v) is 7.47. The number of thioether (sulfide) groups is 1. The van der Waals surface area contributed by atoms with Gasteiger partial charge in [0.15, 0.2) is 0 Å². The van der Waals surface area contributed by atoms with Gasteiger partial charge in [-0.3, -0.25) is 14.9 Å². The summed E-state index contributed by atoms with van der Waals surface area (Å²) in [5.74, 6) is 0.0576. The van der Waals surface area contributed by atoms with Gasteiger partial charge in [0.2, 0.25) is 5.91 Å². The van der Waals surface area contributed by atoms with Crippen LogP contribution in [-0.4, -0.2) is 27.0 Å². The van der Waals surface area contributed by atoms with Crippen LogP contribution in [0.5, 0.6) is 0 Å². The number of hydrogen-bond donors (Lipinski definition) is 0. The lowest BCUT2D eigenvalue weighted by Crippen LogP contribution is -2.40. The highest BCUT2D eigenvalue weighted by molar-refractivity contribution is 8.00. The van der Waals surface area contributed by atoms with Gasteiger partial charge in [0.25, 0.3) is 5.69 Å². The van der Waals surface area contributed by atoms with Crippen molar-refractivity contribution in [3.05, 3.63) is 70.3 Å². The first-order valence-electron chi connectivity index (χ1n) is 8.14. The van der Waals surface area contributed by atoms with Crippen LogP contribution < -0.4 is 0 Å². The second kappa shape index (κ2) is 8.67. The SMILES string of the molecule is CC(Sc1ccc([N+](=O)[O-])cc1)C(=O)N(Cc1ccccc1)C(C)C. The molecular formula is C19H22N2O3S. The van der Waals surface area contributed by atoms with Crippen molar-refractivity contribution in [1.29, 1.82) is 0 Å². The highest BCUT2D eigenvalue weighted by Crippen LogP contribution is 2.27. The van der Waals surface area contributed by atoms with Crippen LogP contribution in [0.1, 0.15) is 26.3 Å². The Labute approximate surface area is 152 Å². The molecule has 1 amide bonds. The molecule has 0 heterocycles. The molecule has 2 rings (SSSR count). The monoisotopic (exact) mass is 358 g/mol. The van der Waals surface area contributed by atoms with E-state index in [2.05, 4.69) is 0 Å². The third-order valence-corrected chi connectivity index (χ3v) is 4.91. The fraction of sp³-hybridized carbons (Fsp3) is 0.316. The van der Waals surface area contributed by atoms with Crippen LogP contribution in [0, 0.1) is 10.1 Å². The first-order valence-corrected chi connectivity index (χ1v) is 9.02. The molecule has 1 unspecified atom stereocenters. The van der Waals surface area contributed by atoms with Crippen molar-refractivity contribution in [2.24, 2.45) is 0 Å². The number of amides is 1. The van der Waals surface area contributed by atoms with E-state index in [9.17, 15) is 14.9 Å². The summed E-state index contributed by atoms with van der Waals surface area (Å²) in [5, 5.41) is 10.4. The van der Waals surface area contributed by atoms with E-state index in [4.69, 9.17) is 0 Å². The van der Waals surface area contributed by atoms with Crippen LogP contribution in [0.15, 0.2) is 59.5 Å². The highest BCUT2D eigenvalue weighted by atomic mass is 32.2. The second-order valence-electron chi connectivity index (χ2n) is 6.06. The van der Waals surface area contributed by atoms with E-state index < -0.39 is 4.92 Å². The Morgan fingerprint density at radius 1 is 1.08 bits per heavy atom. The number of carbonyl (C=O) groups is 1. The predicted octanol–water partition coefficient (Wildman–Crippen LogP) is 4.51. The molecule has 0 aliphatic heterocycles. The minimum atomic E-state index is -0.427. The minimum Gasteiger partial charge on any atom is -0.335 e. The smallest absolute Gasteiger partial charge is 0.269 e. The Balaban J connectivity index is 2.06. The van der Waals surface area contributed by atoms with Crippen LogP contribution in [-0.2, 0) is 11.3 Å². The quantitative estimate of drug-likeness (QED) is 0.415. The van der Waals surface area contributed by atoms with E-state index in [0.717, 1.165) is 10.5 Å². The zero-order valence-electron chi connectivity index (χ0n) is 14.6. The number of non-ortho nitro benzene ring substituents is 1. The molecule has 0 radical (unpaired) electrons. The third kappa shape index (κ3) is 5.32. The van der Waals surface area contributed by atoms with Crippen LogP contribution in [0.2, 0.25) is 0 Å². The first-order chi connectivity index (χ1) is 11.9. The summed E-state index contributed by atoms with van der Waals surface area (Å²) in [5.41, 5.74) is 1.15. The Morgan fingerprint density at radius 3 is 2.20 bits per heavy atom. The van der Waals surface area contributed by atoms with Crippen molar-refractivity contribution in [2.45, 2.75) is 43.5 Å². The summed E-state index contributed by atoms with van der Waals surface area (Å²) >= 11 is 1.41. The largest absolute Gasteiger partial charge is 0.335 e. The third-order valence-electron chi connectivity index (χ3n) is 3.81. The van der Waals surface area contributed by atoms with Gasteiger partial charge in [0.1, 0.15) is 0 Å². The van der Waals surface area contributed by atoms with E-state index in [1.54, 1.807) is 12.1 Å². The lowest BCUT2D eigenvalue weighted by molar-refractivity contribution is -0.384.